The first-order chi connectivity index (χ1) is 12.0. The van der Waals surface area contributed by atoms with Gasteiger partial charge in [0, 0.05) is 12.2 Å². The lowest BCUT2D eigenvalue weighted by molar-refractivity contribution is -0.125. The molecule has 25 heavy (non-hydrogen) atoms. The maximum atomic E-state index is 12.3. The summed E-state index contributed by atoms with van der Waals surface area (Å²) in [5.41, 5.74) is 4.53. The minimum Gasteiger partial charge on any atom is -0.356 e. The van der Waals surface area contributed by atoms with E-state index in [0.717, 1.165) is 17.7 Å². The molecule has 2 atom stereocenters. The van der Waals surface area contributed by atoms with Crippen molar-refractivity contribution in [1.82, 2.24) is 5.32 Å². The van der Waals surface area contributed by atoms with E-state index in [1.54, 1.807) is 0 Å². The molecule has 0 aliphatic heterocycles. The van der Waals surface area contributed by atoms with Gasteiger partial charge in [-0.05, 0) is 64.0 Å². The molecular formula is C21H28N2O2. The Kier molecular flexibility index (Phi) is 5.57. The van der Waals surface area contributed by atoms with Gasteiger partial charge in [-0.15, -0.1) is 0 Å². The molecule has 0 heterocycles. The molecule has 3 rings (SSSR count). The molecule has 0 bridgehead atoms. The van der Waals surface area contributed by atoms with Crippen LogP contribution in [0.15, 0.2) is 29.8 Å². The highest BCUT2D eigenvalue weighted by Crippen LogP contribution is 2.39. The minimum absolute atomic E-state index is 0.0252. The van der Waals surface area contributed by atoms with Crippen LogP contribution in [0, 0.1) is 25.7 Å². The van der Waals surface area contributed by atoms with Crippen molar-refractivity contribution in [2.24, 2.45) is 11.8 Å². The van der Waals surface area contributed by atoms with Gasteiger partial charge in [0.1, 0.15) is 0 Å². The molecule has 134 valence electrons. The van der Waals surface area contributed by atoms with E-state index >= 15 is 0 Å². The number of allylic oxidation sites excluding steroid dienone is 1. The summed E-state index contributed by atoms with van der Waals surface area (Å²) in [5.74, 6) is -0.361. The van der Waals surface area contributed by atoms with Gasteiger partial charge in [0.15, 0.2) is 0 Å². The fourth-order valence-electron chi connectivity index (χ4n) is 3.56. The monoisotopic (exact) mass is 340 g/mol. The van der Waals surface area contributed by atoms with Crippen LogP contribution in [0.5, 0.6) is 0 Å². The summed E-state index contributed by atoms with van der Waals surface area (Å²) in [7, 11) is 0. The molecule has 0 saturated heterocycles. The molecule has 1 fully saturated rings. The van der Waals surface area contributed by atoms with Crippen molar-refractivity contribution in [3.05, 3.63) is 41.0 Å². The average molecular weight is 340 g/mol. The van der Waals surface area contributed by atoms with E-state index in [-0.39, 0.29) is 23.7 Å². The van der Waals surface area contributed by atoms with Crippen molar-refractivity contribution in [3.63, 3.8) is 0 Å². The highest BCUT2D eigenvalue weighted by molar-refractivity contribution is 5.99. The fraction of sp³-hybridized carbons (Fsp3) is 0.524. The van der Waals surface area contributed by atoms with Gasteiger partial charge in [0.05, 0.1) is 11.8 Å². The molecule has 2 unspecified atom stereocenters. The number of anilines is 1. The van der Waals surface area contributed by atoms with Gasteiger partial charge in [0.25, 0.3) is 0 Å². The van der Waals surface area contributed by atoms with Gasteiger partial charge in [-0.2, -0.15) is 0 Å². The van der Waals surface area contributed by atoms with Crippen molar-refractivity contribution >= 4 is 17.5 Å². The number of amides is 2. The summed E-state index contributed by atoms with van der Waals surface area (Å²) < 4.78 is 0. The van der Waals surface area contributed by atoms with Crippen LogP contribution in [0.3, 0.4) is 0 Å². The molecule has 0 aromatic heterocycles. The topological polar surface area (TPSA) is 58.2 Å². The van der Waals surface area contributed by atoms with Crippen LogP contribution < -0.4 is 10.6 Å². The Bertz CT molecular complexity index is 693. The third-order valence-corrected chi connectivity index (χ3v) is 5.23. The maximum absolute atomic E-state index is 12.3. The second-order valence-corrected chi connectivity index (χ2v) is 7.41. The Morgan fingerprint density at radius 3 is 2.64 bits per heavy atom. The SMILES string of the molecule is Cc1ccc(NC(=O)C2CC2C(=O)NCCC2=CCCCC2)c(C)c1. The number of aryl methyl sites for hydroxylation is 2. The Balaban J connectivity index is 1.42. The summed E-state index contributed by atoms with van der Waals surface area (Å²) in [6.07, 6.45) is 8.81. The van der Waals surface area contributed by atoms with E-state index in [1.807, 2.05) is 32.0 Å². The van der Waals surface area contributed by atoms with Gasteiger partial charge in [0.2, 0.25) is 11.8 Å². The van der Waals surface area contributed by atoms with Gasteiger partial charge in [-0.1, -0.05) is 29.3 Å². The Labute approximate surface area is 150 Å². The van der Waals surface area contributed by atoms with Gasteiger partial charge in [-0.3, -0.25) is 9.59 Å². The van der Waals surface area contributed by atoms with Crippen molar-refractivity contribution in [2.45, 2.75) is 52.4 Å². The lowest BCUT2D eigenvalue weighted by Crippen LogP contribution is -2.28. The number of hydrogen-bond donors (Lipinski definition) is 2. The molecule has 0 spiro atoms. The van der Waals surface area contributed by atoms with Crippen molar-refractivity contribution < 1.29 is 9.59 Å². The Morgan fingerprint density at radius 1 is 1.12 bits per heavy atom. The van der Waals surface area contributed by atoms with Crippen LogP contribution in [0.4, 0.5) is 5.69 Å². The molecule has 1 aromatic carbocycles. The molecule has 2 aliphatic rings. The quantitative estimate of drug-likeness (QED) is 0.772. The second-order valence-electron chi connectivity index (χ2n) is 7.41. The molecule has 0 radical (unpaired) electrons. The van der Waals surface area contributed by atoms with Crippen LogP contribution in [-0.4, -0.2) is 18.4 Å². The standard InChI is InChI=1S/C21H28N2O2/c1-14-8-9-19(15(2)12-14)23-21(25)18-13-17(18)20(24)22-11-10-16-6-4-3-5-7-16/h6,8-9,12,17-18H,3-5,7,10-11,13H2,1-2H3,(H,22,24)(H,23,25). The number of hydrogen-bond acceptors (Lipinski definition) is 2. The second kappa shape index (κ2) is 7.85. The summed E-state index contributed by atoms with van der Waals surface area (Å²) in [5, 5.41) is 5.96. The van der Waals surface area contributed by atoms with Crippen molar-refractivity contribution in [2.75, 3.05) is 11.9 Å². The lowest BCUT2D eigenvalue weighted by atomic mass is 9.97. The van der Waals surface area contributed by atoms with E-state index in [0.29, 0.717) is 13.0 Å². The third-order valence-electron chi connectivity index (χ3n) is 5.23. The smallest absolute Gasteiger partial charge is 0.228 e. The van der Waals surface area contributed by atoms with Crippen molar-refractivity contribution in [1.29, 1.82) is 0 Å². The van der Waals surface area contributed by atoms with E-state index in [1.165, 1.54) is 36.8 Å². The Morgan fingerprint density at radius 2 is 1.92 bits per heavy atom. The molecular weight excluding hydrogens is 312 g/mol. The summed E-state index contributed by atoms with van der Waals surface area (Å²) >= 11 is 0. The van der Waals surface area contributed by atoms with Crippen LogP contribution in [0.2, 0.25) is 0 Å². The predicted octanol–water partition coefficient (Wildman–Crippen LogP) is 3.88. The summed E-state index contributed by atoms with van der Waals surface area (Å²) in [6, 6.07) is 5.96. The third kappa shape index (κ3) is 4.71. The number of benzene rings is 1. The zero-order valence-corrected chi connectivity index (χ0v) is 15.2. The highest BCUT2D eigenvalue weighted by Gasteiger charge is 2.47. The number of rotatable bonds is 6. The predicted molar refractivity (Wildman–Crippen MR) is 100 cm³/mol. The first kappa shape index (κ1) is 17.7. The van der Waals surface area contributed by atoms with Gasteiger partial charge in [-0.25, -0.2) is 0 Å². The van der Waals surface area contributed by atoms with Crippen LogP contribution in [-0.2, 0) is 9.59 Å². The zero-order valence-electron chi connectivity index (χ0n) is 15.2. The lowest BCUT2D eigenvalue weighted by Gasteiger charge is -2.13. The molecule has 2 N–H and O–H groups in total. The van der Waals surface area contributed by atoms with E-state index < -0.39 is 0 Å². The van der Waals surface area contributed by atoms with Gasteiger partial charge < -0.3 is 10.6 Å². The van der Waals surface area contributed by atoms with E-state index in [9.17, 15) is 9.59 Å². The highest BCUT2D eigenvalue weighted by atomic mass is 16.2. The van der Waals surface area contributed by atoms with Gasteiger partial charge >= 0.3 is 0 Å². The largest absolute Gasteiger partial charge is 0.356 e. The van der Waals surface area contributed by atoms with Crippen LogP contribution in [0.25, 0.3) is 0 Å². The molecule has 4 heteroatoms. The zero-order chi connectivity index (χ0) is 17.8. The molecule has 2 aliphatic carbocycles. The maximum Gasteiger partial charge on any atom is 0.228 e. The molecule has 4 nitrogen and oxygen atoms in total. The average Bonchev–Trinajstić information content (AvgIpc) is 3.39. The van der Waals surface area contributed by atoms with E-state index in [2.05, 4.69) is 16.7 Å². The van der Waals surface area contributed by atoms with Crippen LogP contribution >= 0.6 is 0 Å². The molecule has 2 amide bonds. The minimum atomic E-state index is -0.186. The number of carbonyl (C=O) groups excluding carboxylic acids is 2. The molecule has 1 saturated carbocycles. The number of nitrogens with one attached hydrogen (secondary N) is 2. The van der Waals surface area contributed by atoms with Crippen molar-refractivity contribution in [3.8, 4) is 0 Å². The fourth-order valence-corrected chi connectivity index (χ4v) is 3.56. The molecule has 1 aromatic rings. The Hall–Kier alpha value is -2.10. The first-order valence-electron chi connectivity index (χ1n) is 9.38. The summed E-state index contributed by atoms with van der Waals surface area (Å²) in [6.45, 7) is 4.70. The van der Waals surface area contributed by atoms with Crippen LogP contribution in [0.1, 0.15) is 49.7 Å². The number of carbonyl (C=O) groups is 2. The summed E-state index contributed by atoms with van der Waals surface area (Å²) in [4.78, 5) is 24.6. The first-order valence-corrected chi connectivity index (χ1v) is 9.38. The normalized spacial score (nSPS) is 22.1. The van der Waals surface area contributed by atoms with E-state index in [4.69, 9.17) is 0 Å².